The van der Waals surface area contributed by atoms with Crippen LogP contribution >= 0.6 is 0 Å². The SMILES string of the molecule is NC[C@H]1CCC[C@H]1C(=O)N1CCN(CC(=O)N2CCCC2)CC1. The Morgan fingerprint density at radius 3 is 2.22 bits per heavy atom. The van der Waals surface area contributed by atoms with Gasteiger partial charge in [-0.2, -0.15) is 0 Å². The Labute approximate surface area is 139 Å². The van der Waals surface area contributed by atoms with Gasteiger partial charge in [-0.1, -0.05) is 6.42 Å². The molecule has 3 fully saturated rings. The zero-order chi connectivity index (χ0) is 16.2. The first-order valence-electron chi connectivity index (χ1n) is 9.18. The second-order valence-electron chi connectivity index (χ2n) is 7.22. The minimum atomic E-state index is 0.137. The van der Waals surface area contributed by atoms with E-state index in [1.54, 1.807) is 0 Å². The third kappa shape index (κ3) is 3.86. The van der Waals surface area contributed by atoms with Crippen LogP contribution in [0.5, 0.6) is 0 Å². The van der Waals surface area contributed by atoms with E-state index in [1.165, 1.54) is 0 Å². The maximum atomic E-state index is 12.7. The Morgan fingerprint density at radius 2 is 1.57 bits per heavy atom. The molecule has 2 atom stereocenters. The highest BCUT2D eigenvalue weighted by Crippen LogP contribution is 2.32. The summed E-state index contributed by atoms with van der Waals surface area (Å²) in [6, 6.07) is 0. The van der Waals surface area contributed by atoms with Gasteiger partial charge in [0.1, 0.15) is 0 Å². The van der Waals surface area contributed by atoms with Crippen LogP contribution in [0.2, 0.25) is 0 Å². The fourth-order valence-electron chi connectivity index (χ4n) is 4.26. The number of amides is 2. The Kier molecular flexibility index (Phi) is 5.54. The van der Waals surface area contributed by atoms with Crippen molar-refractivity contribution in [1.29, 1.82) is 0 Å². The third-order valence-corrected chi connectivity index (χ3v) is 5.78. The second kappa shape index (κ2) is 7.62. The molecule has 0 spiro atoms. The fraction of sp³-hybridized carbons (Fsp3) is 0.882. The van der Waals surface area contributed by atoms with Gasteiger partial charge in [0.05, 0.1) is 6.54 Å². The van der Waals surface area contributed by atoms with Gasteiger partial charge in [-0.15, -0.1) is 0 Å². The summed E-state index contributed by atoms with van der Waals surface area (Å²) in [6.45, 7) is 6.09. The maximum absolute atomic E-state index is 12.7. The van der Waals surface area contributed by atoms with Crippen molar-refractivity contribution in [2.75, 3.05) is 52.4 Å². The zero-order valence-electron chi connectivity index (χ0n) is 14.1. The van der Waals surface area contributed by atoms with Crippen molar-refractivity contribution in [3.8, 4) is 0 Å². The molecule has 130 valence electrons. The second-order valence-corrected chi connectivity index (χ2v) is 7.22. The van der Waals surface area contributed by atoms with E-state index in [1.807, 2.05) is 9.80 Å². The molecule has 23 heavy (non-hydrogen) atoms. The standard InChI is InChI=1S/C17H30N4O2/c18-12-14-4-3-5-15(14)17(23)21-10-8-19(9-11-21)13-16(22)20-6-1-2-7-20/h14-15H,1-13,18H2/t14-,15-/m1/s1. The fourth-order valence-corrected chi connectivity index (χ4v) is 4.26. The van der Waals surface area contributed by atoms with E-state index >= 15 is 0 Å². The summed E-state index contributed by atoms with van der Waals surface area (Å²) in [6.07, 6.45) is 5.49. The molecule has 1 aliphatic carbocycles. The highest BCUT2D eigenvalue weighted by atomic mass is 16.2. The lowest BCUT2D eigenvalue weighted by Crippen LogP contribution is -2.53. The van der Waals surface area contributed by atoms with Crippen molar-refractivity contribution < 1.29 is 9.59 Å². The van der Waals surface area contributed by atoms with Gasteiger partial charge in [0, 0.05) is 45.2 Å². The number of carbonyl (C=O) groups excluding carboxylic acids is 2. The van der Waals surface area contributed by atoms with Crippen LogP contribution < -0.4 is 5.73 Å². The lowest BCUT2D eigenvalue weighted by molar-refractivity contribution is -0.139. The van der Waals surface area contributed by atoms with E-state index in [-0.39, 0.29) is 11.8 Å². The number of nitrogens with zero attached hydrogens (tertiary/aromatic N) is 3. The van der Waals surface area contributed by atoms with Gasteiger partial charge in [-0.3, -0.25) is 14.5 Å². The van der Waals surface area contributed by atoms with Crippen LogP contribution in [0.4, 0.5) is 0 Å². The normalized spacial score (nSPS) is 29.3. The van der Waals surface area contributed by atoms with E-state index in [4.69, 9.17) is 5.73 Å². The molecule has 0 aromatic rings. The van der Waals surface area contributed by atoms with Crippen molar-refractivity contribution in [1.82, 2.24) is 14.7 Å². The van der Waals surface area contributed by atoms with Gasteiger partial charge in [0.15, 0.2) is 0 Å². The summed E-state index contributed by atoms with van der Waals surface area (Å²) in [5.74, 6) is 1.06. The summed E-state index contributed by atoms with van der Waals surface area (Å²) in [4.78, 5) is 31.1. The van der Waals surface area contributed by atoms with Gasteiger partial charge in [-0.05, 0) is 38.1 Å². The molecule has 2 N–H and O–H groups in total. The largest absolute Gasteiger partial charge is 0.342 e. The van der Waals surface area contributed by atoms with E-state index in [9.17, 15) is 9.59 Å². The predicted octanol–water partition coefficient (Wildman–Crippen LogP) is 0.128. The molecule has 3 rings (SSSR count). The summed E-state index contributed by atoms with van der Waals surface area (Å²) in [5.41, 5.74) is 5.81. The molecule has 0 aromatic carbocycles. The van der Waals surface area contributed by atoms with Crippen molar-refractivity contribution >= 4 is 11.8 Å². The van der Waals surface area contributed by atoms with Crippen LogP contribution in [0, 0.1) is 11.8 Å². The van der Waals surface area contributed by atoms with Crippen molar-refractivity contribution in [3.05, 3.63) is 0 Å². The number of hydrogen-bond acceptors (Lipinski definition) is 4. The van der Waals surface area contributed by atoms with E-state index < -0.39 is 0 Å². The average molecular weight is 322 g/mol. The smallest absolute Gasteiger partial charge is 0.236 e. The first-order chi connectivity index (χ1) is 11.2. The molecule has 2 amide bonds. The Hall–Kier alpha value is -1.14. The molecule has 2 aliphatic heterocycles. The number of piperazine rings is 1. The molecule has 0 radical (unpaired) electrons. The molecule has 3 aliphatic rings. The van der Waals surface area contributed by atoms with Crippen LogP contribution in [-0.4, -0.2) is 78.9 Å². The molecule has 0 aromatic heterocycles. The van der Waals surface area contributed by atoms with Crippen LogP contribution in [0.25, 0.3) is 0 Å². The van der Waals surface area contributed by atoms with Gasteiger partial charge >= 0.3 is 0 Å². The molecular weight excluding hydrogens is 292 g/mol. The van der Waals surface area contributed by atoms with Crippen molar-refractivity contribution in [2.24, 2.45) is 17.6 Å². The molecule has 1 saturated carbocycles. The molecular formula is C17H30N4O2. The topological polar surface area (TPSA) is 69.9 Å². The minimum absolute atomic E-state index is 0.137. The van der Waals surface area contributed by atoms with Gasteiger partial charge in [-0.25, -0.2) is 0 Å². The van der Waals surface area contributed by atoms with Crippen molar-refractivity contribution in [3.63, 3.8) is 0 Å². The van der Waals surface area contributed by atoms with Crippen LogP contribution in [0.3, 0.4) is 0 Å². The number of rotatable bonds is 4. The molecule has 6 heteroatoms. The lowest BCUT2D eigenvalue weighted by atomic mass is 9.94. The average Bonchev–Trinajstić information content (AvgIpc) is 3.26. The van der Waals surface area contributed by atoms with Crippen LogP contribution in [0.15, 0.2) is 0 Å². The summed E-state index contributed by atoms with van der Waals surface area (Å²) >= 11 is 0. The van der Waals surface area contributed by atoms with Crippen LogP contribution in [-0.2, 0) is 9.59 Å². The number of likely N-dealkylation sites (tertiary alicyclic amines) is 1. The van der Waals surface area contributed by atoms with Gasteiger partial charge in [0.2, 0.25) is 11.8 Å². The molecule has 6 nitrogen and oxygen atoms in total. The Morgan fingerprint density at radius 1 is 0.870 bits per heavy atom. The Balaban J connectivity index is 1.44. The highest BCUT2D eigenvalue weighted by Gasteiger charge is 2.35. The van der Waals surface area contributed by atoms with Gasteiger partial charge < -0.3 is 15.5 Å². The molecule has 2 saturated heterocycles. The first kappa shape index (κ1) is 16.7. The number of hydrogen-bond donors (Lipinski definition) is 1. The van der Waals surface area contributed by atoms with E-state index in [0.717, 1.165) is 71.4 Å². The predicted molar refractivity (Wildman–Crippen MR) is 88.7 cm³/mol. The van der Waals surface area contributed by atoms with E-state index in [0.29, 0.717) is 24.9 Å². The summed E-state index contributed by atoms with van der Waals surface area (Å²) in [7, 11) is 0. The molecule has 0 unspecified atom stereocenters. The molecule has 0 bridgehead atoms. The monoisotopic (exact) mass is 322 g/mol. The maximum Gasteiger partial charge on any atom is 0.236 e. The van der Waals surface area contributed by atoms with Crippen LogP contribution in [0.1, 0.15) is 32.1 Å². The third-order valence-electron chi connectivity index (χ3n) is 5.78. The van der Waals surface area contributed by atoms with E-state index in [2.05, 4.69) is 4.90 Å². The highest BCUT2D eigenvalue weighted by molar-refractivity contribution is 5.80. The van der Waals surface area contributed by atoms with Gasteiger partial charge in [0.25, 0.3) is 0 Å². The van der Waals surface area contributed by atoms with Crippen molar-refractivity contribution in [2.45, 2.75) is 32.1 Å². The zero-order valence-corrected chi connectivity index (χ0v) is 14.1. The lowest BCUT2D eigenvalue weighted by Gasteiger charge is -2.37. The summed E-state index contributed by atoms with van der Waals surface area (Å²) in [5, 5.41) is 0. The number of nitrogens with two attached hydrogens (primary N) is 1. The molecule has 2 heterocycles. The summed E-state index contributed by atoms with van der Waals surface area (Å²) < 4.78 is 0. The Bertz CT molecular complexity index is 428. The quantitative estimate of drug-likeness (QED) is 0.799. The first-order valence-corrected chi connectivity index (χ1v) is 9.18. The number of carbonyl (C=O) groups is 2. The minimum Gasteiger partial charge on any atom is -0.342 e.